The predicted molar refractivity (Wildman–Crippen MR) is 90.8 cm³/mol. The van der Waals surface area contributed by atoms with E-state index in [1.807, 2.05) is 19.1 Å². The lowest BCUT2D eigenvalue weighted by Crippen LogP contribution is -2.28. The fourth-order valence-electron chi connectivity index (χ4n) is 2.12. The number of likely N-dealkylation sites (N-methyl/N-ethyl adjacent to an activating group) is 1. The third-order valence-electron chi connectivity index (χ3n) is 3.27. The van der Waals surface area contributed by atoms with E-state index in [0.717, 1.165) is 11.1 Å². The van der Waals surface area contributed by atoms with Gasteiger partial charge < -0.3 is 26.3 Å². The number of carbonyl (C=O) groups is 1. The van der Waals surface area contributed by atoms with Crippen LogP contribution in [-0.2, 0) is 11.2 Å². The van der Waals surface area contributed by atoms with Crippen LogP contribution in [0.3, 0.4) is 0 Å². The molecule has 8 nitrogen and oxygen atoms in total. The van der Waals surface area contributed by atoms with Gasteiger partial charge in [-0.1, -0.05) is 6.07 Å². The van der Waals surface area contributed by atoms with Gasteiger partial charge in [-0.05, 0) is 24.6 Å². The second kappa shape index (κ2) is 8.00. The number of carbonyl (C=O) groups excluding carboxylic acids is 1. The largest absolute Gasteiger partial charge is 0.493 e. The van der Waals surface area contributed by atoms with Gasteiger partial charge in [0.25, 0.3) is 5.91 Å². The van der Waals surface area contributed by atoms with Crippen molar-refractivity contribution >= 4 is 17.7 Å². The number of nitrogens with zero attached hydrogens (tertiary/aromatic N) is 2. The highest BCUT2D eigenvalue weighted by Crippen LogP contribution is 2.29. The molecule has 1 heterocycles. The minimum absolute atomic E-state index is 0.0672. The SMILES string of the molecule is CCNC(=O)COc1ccc(Cc2cnc(N)nc2N)cc1OC. The summed E-state index contributed by atoms with van der Waals surface area (Å²) in [5, 5.41) is 2.67. The van der Waals surface area contributed by atoms with Crippen LogP contribution in [0.4, 0.5) is 11.8 Å². The number of ether oxygens (including phenoxy) is 2. The van der Waals surface area contributed by atoms with E-state index in [0.29, 0.717) is 30.3 Å². The average molecular weight is 331 g/mol. The Labute approximate surface area is 140 Å². The molecule has 0 unspecified atom stereocenters. The summed E-state index contributed by atoms with van der Waals surface area (Å²) >= 11 is 0. The number of aromatic nitrogens is 2. The Morgan fingerprint density at radius 1 is 1.29 bits per heavy atom. The van der Waals surface area contributed by atoms with Gasteiger partial charge in [-0.15, -0.1) is 0 Å². The number of methoxy groups -OCH3 is 1. The number of rotatable bonds is 7. The maximum absolute atomic E-state index is 11.5. The zero-order valence-corrected chi connectivity index (χ0v) is 13.7. The highest BCUT2D eigenvalue weighted by atomic mass is 16.5. The molecule has 1 aromatic carbocycles. The van der Waals surface area contributed by atoms with E-state index in [9.17, 15) is 4.79 Å². The van der Waals surface area contributed by atoms with E-state index in [1.165, 1.54) is 0 Å². The minimum Gasteiger partial charge on any atom is -0.493 e. The van der Waals surface area contributed by atoms with E-state index < -0.39 is 0 Å². The molecule has 24 heavy (non-hydrogen) atoms. The molecule has 128 valence electrons. The zero-order valence-electron chi connectivity index (χ0n) is 13.7. The molecular formula is C16H21N5O3. The standard InChI is InChI=1S/C16H21N5O3/c1-3-19-14(22)9-24-12-5-4-10(7-13(12)23-2)6-11-8-20-16(18)21-15(11)17/h4-5,7-8H,3,6,9H2,1-2H3,(H,19,22)(H4,17,18,20,21). The minimum atomic E-state index is -0.185. The van der Waals surface area contributed by atoms with Crippen molar-refractivity contribution in [3.63, 3.8) is 0 Å². The molecule has 0 aliphatic heterocycles. The van der Waals surface area contributed by atoms with Crippen molar-refractivity contribution in [1.29, 1.82) is 0 Å². The smallest absolute Gasteiger partial charge is 0.257 e. The van der Waals surface area contributed by atoms with E-state index >= 15 is 0 Å². The van der Waals surface area contributed by atoms with Gasteiger partial charge in [-0.3, -0.25) is 4.79 Å². The zero-order chi connectivity index (χ0) is 17.5. The lowest BCUT2D eigenvalue weighted by molar-refractivity contribution is -0.123. The molecule has 0 aliphatic carbocycles. The molecule has 5 N–H and O–H groups in total. The first-order chi connectivity index (χ1) is 11.5. The fourth-order valence-corrected chi connectivity index (χ4v) is 2.12. The molecule has 0 radical (unpaired) electrons. The molecule has 8 heteroatoms. The summed E-state index contributed by atoms with van der Waals surface area (Å²) in [6.07, 6.45) is 2.13. The van der Waals surface area contributed by atoms with Crippen LogP contribution in [-0.4, -0.2) is 36.1 Å². The molecule has 2 rings (SSSR count). The second-order valence-corrected chi connectivity index (χ2v) is 5.04. The van der Waals surface area contributed by atoms with E-state index in [1.54, 1.807) is 19.4 Å². The highest BCUT2D eigenvalue weighted by molar-refractivity contribution is 5.77. The van der Waals surface area contributed by atoms with Gasteiger partial charge in [-0.25, -0.2) is 4.98 Å². The van der Waals surface area contributed by atoms with Crippen molar-refractivity contribution in [2.75, 3.05) is 31.7 Å². The molecule has 2 aromatic rings. The molecule has 0 bridgehead atoms. The van der Waals surface area contributed by atoms with Gasteiger partial charge in [0.15, 0.2) is 18.1 Å². The third kappa shape index (κ3) is 4.48. The van der Waals surface area contributed by atoms with Crippen LogP contribution in [0.2, 0.25) is 0 Å². The number of nitrogens with one attached hydrogen (secondary N) is 1. The number of benzene rings is 1. The number of amides is 1. The van der Waals surface area contributed by atoms with E-state index in [4.69, 9.17) is 20.9 Å². The summed E-state index contributed by atoms with van der Waals surface area (Å²) in [6.45, 7) is 2.34. The first-order valence-electron chi connectivity index (χ1n) is 7.46. The molecule has 1 amide bonds. The number of hydrogen-bond acceptors (Lipinski definition) is 7. The van der Waals surface area contributed by atoms with E-state index in [2.05, 4.69) is 15.3 Å². The Morgan fingerprint density at radius 2 is 2.08 bits per heavy atom. The third-order valence-corrected chi connectivity index (χ3v) is 3.27. The average Bonchev–Trinajstić information content (AvgIpc) is 2.56. The second-order valence-electron chi connectivity index (χ2n) is 5.04. The Bertz CT molecular complexity index is 721. The monoisotopic (exact) mass is 331 g/mol. The summed E-state index contributed by atoms with van der Waals surface area (Å²) in [6, 6.07) is 5.44. The van der Waals surface area contributed by atoms with Gasteiger partial charge >= 0.3 is 0 Å². The Balaban J connectivity index is 2.11. The molecule has 0 saturated heterocycles. The lowest BCUT2D eigenvalue weighted by Gasteiger charge is -2.12. The first-order valence-corrected chi connectivity index (χ1v) is 7.46. The fraction of sp³-hybridized carbons (Fsp3) is 0.312. The van der Waals surface area contributed by atoms with Gasteiger partial charge in [0.05, 0.1) is 7.11 Å². The van der Waals surface area contributed by atoms with E-state index in [-0.39, 0.29) is 18.5 Å². The maximum Gasteiger partial charge on any atom is 0.257 e. The Morgan fingerprint density at radius 3 is 2.75 bits per heavy atom. The molecule has 0 saturated carbocycles. The van der Waals surface area contributed by atoms with Crippen molar-refractivity contribution in [3.8, 4) is 11.5 Å². The first kappa shape index (κ1) is 17.3. The number of nitrogens with two attached hydrogens (primary N) is 2. The molecule has 0 fully saturated rings. The molecule has 1 aromatic heterocycles. The number of hydrogen-bond donors (Lipinski definition) is 3. The van der Waals surface area contributed by atoms with Crippen molar-refractivity contribution < 1.29 is 14.3 Å². The van der Waals surface area contributed by atoms with Crippen LogP contribution in [0.15, 0.2) is 24.4 Å². The summed E-state index contributed by atoms with van der Waals surface area (Å²) in [4.78, 5) is 19.4. The summed E-state index contributed by atoms with van der Waals surface area (Å²) in [5.74, 6) is 1.33. The normalized spacial score (nSPS) is 10.2. The van der Waals surface area contributed by atoms with Crippen molar-refractivity contribution in [3.05, 3.63) is 35.5 Å². The highest BCUT2D eigenvalue weighted by Gasteiger charge is 2.10. The van der Waals surface area contributed by atoms with Crippen molar-refractivity contribution in [2.45, 2.75) is 13.3 Å². The molecule has 0 aliphatic rings. The van der Waals surface area contributed by atoms with Crippen LogP contribution in [0.5, 0.6) is 11.5 Å². The molecule has 0 spiro atoms. The number of anilines is 2. The van der Waals surface area contributed by atoms with Crippen LogP contribution in [0.1, 0.15) is 18.1 Å². The molecular weight excluding hydrogens is 310 g/mol. The number of nitrogen functional groups attached to an aromatic ring is 2. The maximum atomic E-state index is 11.5. The summed E-state index contributed by atoms with van der Waals surface area (Å²) in [5.41, 5.74) is 13.0. The van der Waals surface area contributed by atoms with Crippen molar-refractivity contribution in [1.82, 2.24) is 15.3 Å². The summed E-state index contributed by atoms with van der Waals surface area (Å²) in [7, 11) is 1.54. The van der Waals surface area contributed by atoms with Gasteiger partial charge in [0.1, 0.15) is 5.82 Å². The lowest BCUT2D eigenvalue weighted by atomic mass is 10.1. The molecule has 0 atom stereocenters. The van der Waals surface area contributed by atoms with Crippen LogP contribution < -0.4 is 26.3 Å². The van der Waals surface area contributed by atoms with Crippen molar-refractivity contribution in [2.24, 2.45) is 0 Å². The van der Waals surface area contributed by atoms with Crippen LogP contribution in [0.25, 0.3) is 0 Å². The van der Waals surface area contributed by atoms with Crippen LogP contribution in [0, 0.1) is 0 Å². The Hall–Kier alpha value is -3.03. The van der Waals surface area contributed by atoms with Crippen LogP contribution >= 0.6 is 0 Å². The topological polar surface area (TPSA) is 125 Å². The van der Waals surface area contributed by atoms with Gasteiger partial charge in [-0.2, -0.15) is 4.98 Å². The predicted octanol–water partition coefficient (Wildman–Crippen LogP) is 0.755. The van der Waals surface area contributed by atoms with Gasteiger partial charge in [0, 0.05) is 24.7 Å². The summed E-state index contributed by atoms with van der Waals surface area (Å²) < 4.78 is 10.8. The quantitative estimate of drug-likeness (QED) is 0.683. The Kier molecular flexibility index (Phi) is 5.78. The van der Waals surface area contributed by atoms with Gasteiger partial charge in [0.2, 0.25) is 5.95 Å².